The molecule has 3 aliphatic rings. The van der Waals surface area contributed by atoms with E-state index in [1.54, 1.807) is 0 Å². The summed E-state index contributed by atoms with van der Waals surface area (Å²) in [6.07, 6.45) is 3.82. The monoisotopic (exact) mass is 468 g/mol. The van der Waals surface area contributed by atoms with Crippen LogP contribution in [-0.4, -0.2) is 11.4 Å². The summed E-state index contributed by atoms with van der Waals surface area (Å²) in [5.41, 5.74) is 4.81. The minimum Gasteiger partial charge on any atom is -0.453 e. The topological polar surface area (TPSA) is 72.6 Å². The lowest BCUT2D eigenvalue weighted by Gasteiger charge is -2.38. The zero-order valence-electron chi connectivity index (χ0n) is 19.1. The maximum absolute atomic E-state index is 9.11. The van der Waals surface area contributed by atoms with E-state index in [2.05, 4.69) is 0 Å². The molecule has 2 aliphatic heterocycles. The predicted octanol–water partition coefficient (Wildman–Crippen LogP) is 7.70. The van der Waals surface area contributed by atoms with Crippen LogP contribution in [0.2, 0.25) is 0 Å². The Morgan fingerprint density at radius 1 is 0.417 bits per heavy atom. The van der Waals surface area contributed by atoms with Crippen LogP contribution in [0.25, 0.3) is 0 Å². The lowest BCUT2D eigenvalue weighted by molar-refractivity contribution is 0.476. The minimum absolute atomic E-state index is 0.125. The molecule has 6 nitrogen and oxygen atoms in total. The van der Waals surface area contributed by atoms with Crippen LogP contribution in [0.15, 0.2) is 121 Å². The third kappa shape index (κ3) is 2.91. The van der Waals surface area contributed by atoms with E-state index < -0.39 is 0 Å². The molecule has 6 heteroatoms. The molecule has 1 aliphatic carbocycles. The quantitative estimate of drug-likeness (QED) is 0.296. The Kier molecular flexibility index (Phi) is 4.35. The van der Waals surface area contributed by atoms with E-state index in [1.807, 2.05) is 119 Å². The summed E-state index contributed by atoms with van der Waals surface area (Å²) in [5.74, 6) is 2.84. The summed E-state index contributed by atoms with van der Waals surface area (Å²) >= 11 is 0. The van der Waals surface area contributed by atoms with Gasteiger partial charge < -0.3 is 19.3 Å². The highest BCUT2D eigenvalue weighted by Crippen LogP contribution is 2.51. The number of para-hydroxylation sites is 8. The predicted molar refractivity (Wildman–Crippen MR) is 142 cm³/mol. The molecule has 0 saturated carbocycles. The summed E-state index contributed by atoms with van der Waals surface area (Å²) in [4.78, 5) is 4.00. The van der Waals surface area contributed by atoms with Crippen molar-refractivity contribution in [3.8, 4) is 23.0 Å². The Balaban J connectivity index is 1.40. The maximum atomic E-state index is 9.11. The van der Waals surface area contributed by atoms with Crippen LogP contribution in [-0.2, 0) is 0 Å². The average molecular weight is 469 g/mol. The number of benzene rings is 4. The number of ether oxygens (including phenoxy) is 2. The molecule has 0 saturated heterocycles. The fourth-order valence-electron chi connectivity index (χ4n) is 4.88. The molecule has 0 amide bonds. The van der Waals surface area contributed by atoms with Crippen LogP contribution < -0.4 is 19.3 Å². The van der Waals surface area contributed by atoms with Crippen molar-refractivity contribution in [2.45, 2.75) is 0 Å². The third-order valence-electron chi connectivity index (χ3n) is 6.51. The van der Waals surface area contributed by atoms with E-state index in [0.29, 0.717) is 34.4 Å². The molecule has 2 N–H and O–H groups in total. The number of hydrogen-bond donors (Lipinski definition) is 2. The second kappa shape index (κ2) is 7.71. The van der Waals surface area contributed by atoms with E-state index in [4.69, 9.17) is 20.3 Å². The summed E-state index contributed by atoms with van der Waals surface area (Å²) in [5, 5.41) is 18.2. The van der Waals surface area contributed by atoms with Gasteiger partial charge in [0, 0.05) is 0 Å². The smallest absolute Gasteiger partial charge is 0.151 e. The number of rotatable bonds is 2. The van der Waals surface area contributed by atoms with Gasteiger partial charge in [-0.1, -0.05) is 48.5 Å². The van der Waals surface area contributed by atoms with Crippen molar-refractivity contribution < 1.29 is 9.47 Å². The van der Waals surface area contributed by atoms with Crippen molar-refractivity contribution in [3.63, 3.8) is 0 Å². The lowest BCUT2D eigenvalue weighted by atomic mass is 9.97. The Morgan fingerprint density at radius 2 is 0.694 bits per heavy atom. The van der Waals surface area contributed by atoms with Crippen LogP contribution in [0, 0.1) is 10.8 Å². The number of hydrogen-bond acceptors (Lipinski definition) is 6. The first-order valence-corrected chi connectivity index (χ1v) is 11.6. The molecule has 172 valence electrons. The summed E-state index contributed by atoms with van der Waals surface area (Å²) in [6, 6.07) is 31.1. The standard InChI is InChI=1S/C30H20N4O2/c31-29-23(33-19-9-1-5-13-25(19)35-26-14-6-2-10-20(26)33)17-18-24(30(29)32)34-21-11-3-7-15-27(21)36-28-16-8-4-12-22(28)34/h1-18,31-32H. The minimum atomic E-state index is 0.125. The molecule has 2 heterocycles. The van der Waals surface area contributed by atoms with Crippen molar-refractivity contribution in [2.24, 2.45) is 0 Å². The van der Waals surface area contributed by atoms with Crippen molar-refractivity contribution in [1.29, 1.82) is 10.8 Å². The Bertz CT molecular complexity index is 1440. The fourth-order valence-corrected chi connectivity index (χ4v) is 4.88. The normalized spacial score (nSPS) is 15.4. The van der Waals surface area contributed by atoms with E-state index in [9.17, 15) is 0 Å². The lowest BCUT2D eigenvalue weighted by Crippen LogP contribution is -2.36. The number of fused-ring (bicyclic) bond motifs is 4. The SMILES string of the molecule is N=C1C(=N)C(N2c3ccccc3Oc3ccccc32)=CC=C1N1c2ccccc2Oc2ccccc21. The molecule has 0 atom stereocenters. The molecule has 0 radical (unpaired) electrons. The van der Waals surface area contributed by atoms with Crippen LogP contribution in [0.5, 0.6) is 23.0 Å². The largest absolute Gasteiger partial charge is 0.453 e. The van der Waals surface area contributed by atoms with Gasteiger partial charge in [0.25, 0.3) is 0 Å². The van der Waals surface area contributed by atoms with Crippen molar-refractivity contribution >= 4 is 34.2 Å². The van der Waals surface area contributed by atoms with Gasteiger partial charge in [0.2, 0.25) is 0 Å². The second-order valence-electron chi connectivity index (χ2n) is 8.60. The van der Waals surface area contributed by atoms with Gasteiger partial charge in [-0.25, -0.2) is 0 Å². The number of nitrogens with one attached hydrogen (secondary N) is 2. The zero-order chi connectivity index (χ0) is 24.2. The van der Waals surface area contributed by atoms with Crippen LogP contribution in [0.3, 0.4) is 0 Å². The first-order valence-electron chi connectivity index (χ1n) is 11.6. The van der Waals surface area contributed by atoms with E-state index in [0.717, 1.165) is 22.7 Å². The molecule has 4 aromatic carbocycles. The van der Waals surface area contributed by atoms with Crippen molar-refractivity contribution in [1.82, 2.24) is 0 Å². The number of allylic oxidation sites excluding steroid dienone is 4. The molecule has 0 aromatic heterocycles. The number of anilines is 4. The summed E-state index contributed by atoms with van der Waals surface area (Å²) < 4.78 is 12.2. The highest BCUT2D eigenvalue weighted by Gasteiger charge is 2.35. The van der Waals surface area contributed by atoms with Gasteiger partial charge in [0.15, 0.2) is 23.0 Å². The van der Waals surface area contributed by atoms with E-state index >= 15 is 0 Å². The van der Waals surface area contributed by atoms with E-state index in [1.165, 1.54) is 0 Å². The molecular weight excluding hydrogens is 448 g/mol. The first kappa shape index (κ1) is 20.3. The highest BCUT2D eigenvalue weighted by atomic mass is 16.5. The highest BCUT2D eigenvalue weighted by molar-refractivity contribution is 6.53. The Morgan fingerprint density at radius 3 is 1.00 bits per heavy atom. The van der Waals surface area contributed by atoms with Gasteiger partial charge in [-0.15, -0.1) is 0 Å². The molecule has 36 heavy (non-hydrogen) atoms. The Labute approximate surface area is 208 Å². The zero-order valence-corrected chi connectivity index (χ0v) is 19.1. The molecular formula is C30H20N4O2. The molecule has 0 spiro atoms. The molecule has 4 aromatic rings. The van der Waals surface area contributed by atoms with E-state index in [-0.39, 0.29) is 11.4 Å². The van der Waals surface area contributed by atoms with Crippen LogP contribution in [0.4, 0.5) is 22.7 Å². The number of nitrogens with zero attached hydrogens (tertiary/aromatic N) is 2. The Hall–Kier alpha value is -5.10. The maximum Gasteiger partial charge on any atom is 0.151 e. The van der Waals surface area contributed by atoms with Crippen LogP contribution >= 0.6 is 0 Å². The van der Waals surface area contributed by atoms with Gasteiger partial charge in [0.05, 0.1) is 34.1 Å². The van der Waals surface area contributed by atoms with Gasteiger partial charge in [-0.3, -0.25) is 10.8 Å². The second-order valence-corrected chi connectivity index (χ2v) is 8.60. The van der Waals surface area contributed by atoms with Crippen LogP contribution in [0.1, 0.15) is 0 Å². The van der Waals surface area contributed by atoms with Crippen molar-refractivity contribution in [3.05, 3.63) is 121 Å². The molecule has 0 unspecified atom stereocenters. The third-order valence-corrected chi connectivity index (χ3v) is 6.51. The molecule has 0 fully saturated rings. The van der Waals surface area contributed by atoms with Gasteiger partial charge in [-0.05, 0) is 60.7 Å². The van der Waals surface area contributed by atoms with Gasteiger partial charge in [0.1, 0.15) is 11.4 Å². The molecule has 7 rings (SSSR count). The fraction of sp³-hybridized carbons (Fsp3) is 0. The van der Waals surface area contributed by atoms with Crippen molar-refractivity contribution in [2.75, 3.05) is 9.80 Å². The van der Waals surface area contributed by atoms with Gasteiger partial charge >= 0.3 is 0 Å². The summed E-state index contributed by atoms with van der Waals surface area (Å²) in [6.45, 7) is 0. The van der Waals surface area contributed by atoms with Gasteiger partial charge in [-0.2, -0.15) is 0 Å². The summed E-state index contributed by atoms with van der Waals surface area (Å²) in [7, 11) is 0. The molecule has 0 bridgehead atoms. The first-order chi connectivity index (χ1) is 17.7. The average Bonchev–Trinajstić information content (AvgIpc) is 2.92.